The number of hydrogen-bond donors (Lipinski definition) is 1. The van der Waals surface area contributed by atoms with E-state index in [1.165, 1.54) is 10.5 Å². The minimum atomic E-state index is 0.209. The molecular formula is C17H25N2O4+. The molecule has 2 aliphatic heterocycles. The third kappa shape index (κ3) is 4.14. The molecule has 1 fully saturated rings. The molecule has 2 heterocycles. The molecule has 3 rings (SSSR count). The molecule has 6 nitrogen and oxygen atoms in total. The lowest BCUT2D eigenvalue weighted by Crippen LogP contribution is -3.13. The molecule has 0 radical (unpaired) electrons. The van der Waals surface area contributed by atoms with Gasteiger partial charge in [-0.05, 0) is 25.1 Å². The highest BCUT2D eigenvalue weighted by atomic mass is 16.7. The van der Waals surface area contributed by atoms with Crippen molar-refractivity contribution in [2.24, 2.45) is 0 Å². The highest BCUT2D eigenvalue weighted by molar-refractivity contribution is 5.76. The Morgan fingerprint density at radius 2 is 2.04 bits per heavy atom. The van der Waals surface area contributed by atoms with Crippen LogP contribution in [0.4, 0.5) is 0 Å². The van der Waals surface area contributed by atoms with Crippen molar-refractivity contribution in [1.29, 1.82) is 0 Å². The molecule has 0 saturated carbocycles. The summed E-state index contributed by atoms with van der Waals surface area (Å²) < 4.78 is 16.0. The van der Waals surface area contributed by atoms with Crippen LogP contribution in [0.2, 0.25) is 0 Å². The Bertz CT molecular complexity index is 541. The predicted molar refractivity (Wildman–Crippen MR) is 84.7 cm³/mol. The van der Waals surface area contributed by atoms with E-state index in [1.807, 2.05) is 17.9 Å². The Labute approximate surface area is 136 Å². The third-order valence-electron chi connectivity index (χ3n) is 4.38. The molecule has 1 saturated heterocycles. The smallest absolute Gasteiger partial charge is 0.231 e. The topological polar surface area (TPSA) is 52.4 Å². The van der Waals surface area contributed by atoms with E-state index in [0.717, 1.165) is 44.2 Å². The average Bonchev–Trinajstić information content (AvgIpc) is 3.03. The minimum Gasteiger partial charge on any atom is -0.454 e. The third-order valence-corrected chi connectivity index (χ3v) is 4.38. The number of nitrogens with one attached hydrogen (secondary N) is 1. The van der Waals surface area contributed by atoms with E-state index in [9.17, 15) is 4.79 Å². The molecule has 0 aromatic heterocycles. The van der Waals surface area contributed by atoms with Gasteiger partial charge < -0.3 is 24.0 Å². The lowest BCUT2D eigenvalue weighted by atomic mass is 10.1. The lowest BCUT2D eigenvalue weighted by Gasteiger charge is -2.32. The molecule has 23 heavy (non-hydrogen) atoms. The maximum absolute atomic E-state index is 12.1. The fraction of sp³-hybridized carbons (Fsp3) is 0.588. The number of quaternary nitrogens is 1. The molecule has 2 aliphatic rings. The molecule has 6 heteroatoms. The van der Waals surface area contributed by atoms with Gasteiger partial charge in [-0.3, -0.25) is 4.79 Å². The van der Waals surface area contributed by atoms with Crippen LogP contribution in [0.5, 0.6) is 11.5 Å². The van der Waals surface area contributed by atoms with Gasteiger partial charge in [-0.2, -0.15) is 0 Å². The molecule has 0 aliphatic carbocycles. The Morgan fingerprint density at radius 3 is 2.83 bits per heavy atom. The van der Waals surface area contributed by atoms with Gasteiger partial charge in [-0.1, -0.05) is 0 Å². The summed E-state index contributed by atoms with van der Waals surface area (Å²) in [5, 5.41) is 0. The van der Waals surface area contributed by atoms with Crippen LogP contribution in [0.15, 0.2) is 18.2 Å². The van der Waals surface area contributed by atoms with Crippen molar-refractivity contribution in [1.82, 2.24) is 4.90 Å². The molecule has 1 aromatic carbocycles. The number of fused-ring (bicyclic) bond motifs is 1. The van der Waals surface area contributed by atoms with Gasteiger partial charge in [0.2, 0.25) is 12.7 Å². The van der Waals surface area contributed by atoms with Crippen LogP contribution in [-0.4, -0.2) is 57.0 Å². The summed E-state index contributed by atoms with van der Waals surface area (Å²) in [6, 6.07) is 6.14. The standard InChI is InChI=1S/C17H24N2O4/c1-2-21-10-5-17(20)19-8-6-18(7-9-19)12-14-3-4-15-16(11-14)23-13-22-15/h3-4,11H,2,5-10,12-13H2,1H3/p+1. The van der Waals surface area contributed by atoms with Gasteiger partial charge in [0, 0.05) is 12.2 Å². The quantitative estimate of drug-likeness (QED) is 0.754. The van der Waals surface area contributed by atoms with Crippen molar-refractivity contribution in [3.8, 4) is 11.5 Å². The number of rotatable bonds is 6. The predicted octanol–water partition coefficient (Wildman–Crippen LogP) is 0.0690. The number of nitrogens with zero attached hydrogens (tertiary/aromatic N) is 1. The van der Waals surface area contributed by atoms with Crippen molar-refractivity contribution in [3.05, 3.63) is 23.8 Å². The van der Waals surface area contributed by atoms with Gasteiger partial charge in [0.15, 0.2) is 11.5 Å². The monoisotopic (exact) mass is 321 g/mol. The van der Waals surface area contributed by atoms with Crippen LogP contribution in [0.1, 0.15) is 18.9 Å². The van der Waals surface area contributed by atoms with Crippen LogP contribution in [-0.2, 0) is 16.1 Å². The van der Waals surface area contributed by atoms with E-state index < -0.39 is 0 Å². The van der Waals surface area contributed by atoms with Gasteiger partial charge >= 0.3 is 0 Å². The van der Waals surface area contributed by atoms with E-state index in [0.29, 0.717) is 26.4 Å². The summed E-state index contributed by atoms with van der Waals surface area (Å²) in [7, 11) is 0. The normalized spacial score (nSPS) is 17.5. The Morgan fingerprint density at radius 1 is 1.26 bits per heavy atom. The first-order valence-electron chi connectivity index (χ1n) is 8.34. The molecule has 0 bridgehead atoms. The van der Waals surface area contributed by atoms with E-state index >= 15 is 0 Å². The number of carbonyl (C=O) groups excluding carboxylic acids is 1. The number of piperazine rings is 1. The summed E-state index contributed by atoms with van der Waals surface area (Å²) in [4.78, 5) is 15.5. The van der Waals surface area contributed by atoms with E-state index in [-0.39, 0.29) is 5.91 Å². The van der Waals surface area contributed by atoms with Crippen LogP contribution in [0.3, 0.4) is 0 Å². The number of benzene rings is 1. The molecular weight excluding hydrogens is 296 g/mol. The van der Waals surface area contributed by atoms with Gasteiger partial charge in [-0.25, -0.2) is 0 Å². The van der Waals surface area contributed by atoms with Crippen LogP contribution in [0.25, 0.3) is 0 Å². The second-order valence-electron chi connectivity index (χ2n) is 5.94. The van der Waals surface area contributed by atoms with Gasteiger partial charge in [0.1, 0.15) is 6.54 Å². The first-order chi connectivity index (χ1) is 11.3. The van der Waals surface area contributed by atoms with Crippen LogP contribution < -0.4 is 14.4 Å². The Balaban J connectivity index is 1.45. The Kier molecular flexibility index (Phi) is 5.35. The van der Waals surface area contributed by atoms with Crippen molar-refractivity contribution < 1.29 is 23.9 Å². The summed E-state index contributed by atoms with van der Waals surface area (Å²) in [5.41, 5.74) is 1.25. The van der Waals surface area contributed by atoms with Gasteiger partial charge in [0.25, 0.3) is 0 Å². The van der Waals surface area contributed by atoms with Crippen molar-refractivity contribution >= 4 is 5.91 Å². The summed E-state index contributed by atoms with van der Waals surface area (Å²) in [6.45, 7) is 8.02. The van der Waals surface area contributed by atoms with Crippen molar-refractivity contribution in [2.45, 2.75) is 19.9 Å². The summed E-state index contributed by atoms with van der Waals surface area (Å²) in [6.07, 6.45) is 0.491. The largest absolute Gasteiger partial charge is 0.454 e. The van der Waals surface area contributed by atoms with Crippen LogP contribution >= 0.6 is 0 Å². The Hall–Kier alpha value is -1.79. The fourth-order valence-electron chi connectivity index (χ4n) is 3.05. The number of ether oxygens (including phenoxy) is 3. The summed E-state index contributed by atoms with van der Waals surface area (Å²) >= 11 is 0. The molecule has 1 aromatic rings. The molecule has 126 valence electrons. The van der Waals surface area contributed by atoms with Gasteiger partial charge in [-0.15, -0.1) is 0 Å². The second-order valence-corrected chi connectivity index (χ2v) is 5.94. The van der Waals surface area contributed by atoms with Gasteiger partial charge in [0.05, 0.1) is 39.2 Å². The van der Waals surface area contributed by atoms with E-state index in [1.54, 1.807) is 0 Å². The molecule has 0 unspecified atom stereocenters. The highest BCUT2D eigenvalue weighted by Crippen LogP contribution is 2.32. The number of hydrogen-bond acceptors (Lipinski definition) is 4. The van der Waals surface area contributed by atoms with E-state index in [4.69, 9.17) is 14.2 Å². The lowest BCUT2D eigenvalue weighted by molar-refractivity contribution is -0.917. The van der Waals surface area contributed by atoms with Crippen molar-refractivity contribution in [2.75, 3.05) is 46.2 Å². The maximum Gasteiger partial charge on any atom is 0.231 e. The molecule has 1 amide bonds. The zero-order chi connectivity index (χ0) is 16.1. The number of amides is 1. The number of carbonyl (C=O) groups is 1. The van der Waals surface area contributed by atoms with Crippen LogP contribution in [0, 0.1) is 0 Å². The molecule has 0 atom stereocenters. The highest BCUT2D eigenvalue weighted by Gasteiger charge is 2.24. The second kappa shape index (κ2) is 7.66. The zero-order valence-electron chi connectivity index (χ0n) is 13.7. The molecule has 0 spiro atoms. The van der Waals surface area contributed by atoms with Crippen molar-refractivity contribution in [3.63, 3.8) is 0 Å². The first-order valence-corrected chi connectivity index (χ1v) is 8.34. The first kappa shape index (κ1) is 16.1. The zero-order valence-corrected chi connectivity index (χ0v) is 13.7. The summed E-state index contributed by atoms with van der Waals surface area (Å²) in [5.74, 6) is 1.88. The maximum atomic E-state index is 12.1. The average molecular weight is 321 g/mol. The van der Waals surface area contributed by atoms with E-state index in [2.05, 4.69) is 12.1 Å². The minimum absolute atomic E-state index is 0.209. The molecule has 1 N–H and O–H groups in total. The fourth-order valence-corrected chi connectivity index (χ4v) is 3.05. The SMILES string of the molecule is CCOCCC(=O)N1CC[NH+](Cc2ccc3c(c2)OCO3)CC1.